The van der Waals surface area contributed by atoms with Gasteiger partial charge in [0.2, 0.25) is 0 Å². The van der Waals surface area contributed by atoms with Gasteiger partial charge in [-0.05, 0) is 29.7 Å². The minimum Gasteiger partial charge on any atom is -0.386 e. The predicted octanol–water partition coefficient (Wildman–Crippen LogP) is 2.84. The molecule has 1 aliphatic rings. The molecule has 0 aliphatic carbocycles. The van der Waals surface area contributed by atoms with E-state index < -0.39 is 11.6 Å². The van der Waals surface area contributed by atoms with Crippen molar-refractivity contribution in [3.63, 3.8) is 0 Å². The van der Waals surface area contributed by atoms with Gasteiger partial charge in [0.25, 0.3) is 0 Å². The number of nitrogens with zero attached hydrogens (tertiary/aromatic N) is 1. The summed E-state index contributed by atoms with van der Waals surface area (Å²) in [6, 6.07) is 11.5. The molecule has 21 heavy (non-hydrogen) atoms. The highest BCUT2D eigenvalue weighted by atomic mass is 19.2. The highest BCUT2D eigenvalue weighted by Crippen LogP contribution is 2.25. The Morgan fingerprint density at radius 3 is 2.81 bits per heavy atom. The van der Waals surface area contributed by atoms with E-state index in [9.17, 15) is 8.78 Å². The van der Waals surface area contributed by atoms with Crippen LogP contribution >= 0.6 is 0 Å². The molecule has 0 amide bonds. The Kier molecular flexibility index (Phi) is 3.66. The summed E-state index contributed by atoms with van der Waals surface area (Å²) >= 11 is 0. The second kappa shape index (κ2) is 5.61. The summed E-state index contributed by atoms with van der Waals surface area (Å²) in [5.41, 5.74) is 8.15. The number of halogens is 2. The van der Waals surface area contributed by atoms with Gasteiger partial charge in [0.1, 0.15) is 11.5 Å². The highest BCUT2D eigenvalue weighted by molar-refractivity contribution is 5.89. The maximum absolute atomic E-state index is 13.7. The predicted molar refractivity (Wildman–Crippen MR) is 78.5 cm³/mol. The molecule has 0 bridgehead atoms. The molecule has 5 heteroatoms. The van der Waals surface area contributed by atoms with E-state index in [4.69, 9.17) is 5.73 Å². The zero-order valence-electron chi connectivity index (χ0n) is 11.3. The fourth-order valence-electron chi connectivity index (χ4n) is 2.55. The minimum atomic E-state index is -0.982. The number of hydrogen-bond acceptors (Lipinski definition) is 2. The van der Waals surface area contributed by atoms with Gasteiger partial charge in [-0.1, -0.05) is 30.3 Å². The maximum atomic E-state index is 13.7. The van der Waals surface area contributed by atoms with Crippen LogP contribution < -0.4 is 11.1 Å². The zero-order chi connectivity index (χ0) is 14.8. The van der Waals surface area contributed by atoms with Crippen molar-refractivity contribution in [1.82, 2.24) is 5.32 Å². The van der Waals surface area contributed by atoms with Crippen LogP contribution in [0.2, 0.25) is 0 Å². The molecule has 1 aliphatic heterocycles. The third-order valence-electron chi connectivity index (χ3n) is 3.59. The summed E-state index contributed by atoms with van der Waals surface area (Å²) in [5, 5.41) is 3.26. The number of fused-ring (bicyclic) bond motifs is 1. The van der Waals surface area contributed by atoms with E-state index in [0.717, 1.165) is 24.6 Å². The van der Waals surface area contributed by atoms with Crippen molar-refractivity contribution in [3.8, 4) is 0 Å². The standard InChI is InChI=1S/C16H15F2N3/c17-12-6-3-7-13(14(12)18)21-16(19)15-11-5-2-1-4-10(11)8-9-20-15/h1-7,15,20H,8-9H2,(H2,19,21). The summed E-state index contributed by atoms with van der Waals surface area (Å²) in [4.78, 5) is 4.06. The van der Waals surface area contributed by atoms with Crippen LogP contribution in [0.25, 0.3) is 0 Å². The molecule has 0 fully saturated rings. The lowest BCUT2D eigenvalue weighted by Crippen LogP contribution is -2.38. The van der Waals surface area contributed by atoms with Crippen molar-refractivity contribution < 1.29 is 8.78 Å². The first kappa shape index (κ1) is 13.7. The second-order valence-corrected chi connectivity index (χ2v) is 4.95. The summed E-state index contributed by atoms with van der Waals surface area (Å²) in [6.45, 7) is 0.767. The van der Waals surface area contributed by atoms with Gasteiger partial charge in [-0.3, -0.25) is 0 Å². The van der Waals surface area contributed by atoms with Gasteiger partial charge in [-0.25, -0.2) is 13.8 Å². The maximum Gasteiger partial charge on any atom is 0.184 e. The van der Waals surface area contributed by atoms with Crippen molar-refractivity contribution in [2.24, 2.45) is 10.7 Å². The molecule has 0 spiro atoms. The van der Waals surface area contributed by atoms with Gasteiger partial charge in [-0.2, -0.15) is 0 Å². The quantitative estimate of drug-likeness (QED) is 0.659. The Labute approximate surface area is 121 Å². The fourth-order valence-corrected chi connectivity index (χ4v) is 2.55. The minimum absolute atomic E-state index is 0.0858. The number of amidine groups is 1. The SMILES string of the molecule is NC(=Nc1cccc(F)c1F)C1NCCc2ccccc21. The van der Waals surface area contributed by atoms with Crippen molar-refractivity contribution in [2.45, 2.75) is 12.5 Å². The van der Waals surface area contributed by atoms with E-state index >= 15 is 0 Å². The van der Waals surface area contributed by atoms with E-state index in [2.05, 4.69) is 10.3 Å². The van der Waals surface area contributed by atoms with Crippen LogP contribution in [0.5, 0.6) is 0 Å². The molecule has 0 saturated carbocycles. The lowest BCUT2D eigenvalue weighted by atomic mass is 9.94. The number of nitrogens with two attached hydrogens (primary N) is 1. The third kappa shape index (κ3) is 2.64. The average Bonchev–Trinajstić information content (AvgIpc) is 2.51. The first-order chi connectivity index (χ1) is 10.2. The Hall–Kier alpha value is -2.27. The van der Waals surface area contributed by atoms with Crippen LogP contribution in [-0.2, 0) is 6.42 Å². The Balaban J connectivity index is 1.98. The van der Waals surface area contributed by atoms with Gasteiger partial charge in [0.15, 0.2) is 11.6 Å². The van der Waals surface area contributed by atoms with Crippen LogP contribution in [0.4, 0.5) is 14.5 Å². The molecule has 2 aromatic carbocycles. The summed E-state index contributed by atoms with van der Waals surface area (Å²) in [6.07, 6.45) is 0.911. The topological polar surface area (TPSA) is 50.4 Å². The molecular weight excluding hydrogens is 272 g/mol. The summed E-state index contributed by atoms with van der Waals surface area (Å²) in [5.74, 6) is -1.68. The molecule has 0 aromatic heterocycles. The van der Waals surface area contributed by atoms with Crippen molar-refractivity contribution in [2.75, 3.05) is 6.54 Å². The van der Waals surface area contributed by atoms with E-state index in [1.54, 1.807) is 0 Å². The largest absolute Gasteiger partial charge is 0.386 e. The lowest BCUT2D eigenvalue weighted by Gasteiger charge is -2.26. The lowest BCUT2D eigenvalue weighted by molar-refractivity contribution is 0.510. The van der Waals surface area contributed by atoms with Crippen molar-refractivity contribution in [1.29, 1.82) is 0 Å². The van der Waals surface area contributed by atoms with E-state index in [-0.39, 0.29) is 17.6 Å². The van der Waals surface area contributed by atoms with E-state index in [1.165, 1.54) is 17.7 Å². The number of nitrogens with one attached hydrogen (secondary N) is 1. The first-order valence-corrected chi connectivity index (χ1v) is 6.76. The van der Waals surface area contributed by atoms with Crippen LogP contribution in [0, 0.1) is 11.6 Å². The molecule has 1 unspecified atom stereocenters. The number of rotatable bonds is 2. The fraction of sp³-hybridized carbons (Fsp3) is 0.188. The van der Waals surface area contributed by atoms with Crippen LogP contribution in [-0.4, -0.2) is 12.4 Å². The Bertz CT molecular complexity index is 698. The molecule has 0 saturated heterocycles. The first-order valence-electron chi connectivity index (χ1n) is 6.76. The number of aliphatic imine (C=N–C) groups is 1. The summed E-state index contributed by atoms with van der Waals surface area (Å²) < 4.78 is 26.9. The van der Waals surface area contributed by atoms with Gasteiger partial charge < -0.3 is 11.1 Å². The molecule has 0 radical (unpaired) electrons. The third-order valence-corrected chi connectivity index (χ3v) is 3.59. The molecule has 3 rings (SSSR count). The van der Waals surface area contributed by atoms with Crippen molar-refractivity contribution in [3.05, 3.63) is 65.2 Å². The molecule has 3 nitrogen and oxygen atoms in total. The van der Waals surface area contributed by atoms with Crippen LogP contribution in [0.1, 0.15) is 17.2 Å². The second-order valence-electron chi connectivity index (χ2n) is 4.95. The molecule has 1 atom stereocenters. The van der Waals surface area contributed by atoms with Crippen molar-refractivity contribution >= 4 is 11.5 Å². The normalized spacial score (nSPS) is 18.4. The molecule has 108 valence electrons. The number of benzene rings is 2. The Morgan fingerprint density at radius 2 is 1.95 bits per heavy atom. The van der Waals surface area contributed by atoms with E-state index in [0.29, 0.717) is 0 Å². The smallest absolute Gasteiger partial charge is 0.184 e. The van der Waals surface area contributed by atoms with Gasteiger partial charge in [-0.15, -0.1) is 0 Å². The zero-order valence-corrected chi connectivity index (χ0v) is 11.3. The average molecular weight is 287 g/mol. The van der Waals surface area contributed by atoms with Gasteiger partial charge in [0.05, 0.1) is 6.04 Å². The number of hydrogen-bond donors (Lipinski definition) is 2. The summed E-state index contributed by atoms with van der Waals surface area (Å²) in [7, 11) is 0. The molecule has 2 aromatic rings. The Morgan fingerprint density at radius 1 is 1.14 bits per heavy atom. The highest BCUT2D eigenvalue weighted by Gasteiger charge is 2.22. The van der Waals surface area contributed by atoms with Crippen LogP contribution in [0.15, 0.2) is 47.5 Å². The van der Waals surface area contributed by atoms with Gasteiger partial charge in [0, 0.05) is 6.54 Å². The van der Waals surface area contributed by atoms with Gasteiger partial charge >= 0.3 is 0 Å². The molecule has 3 N–H and O–H groups in total. The van der Waals surface area contributed by atoms with E-state index in [1.807, 2.05) is 24.3 Å². The molecule has 1 heterocycles. The monoisotopic (exact) mass is 287 g/mol. The van der Waals surface area contributed by atoms with Crippen LogP contribution in [0.3, 0.4) is 0 Å². The molecular formula is C16H15F2N3.